The summed E-state index contributed by atoms with van der Waals surface area (Å²) in [6, 6.07) is 13.1. The largest absolute Gasteiger partial charge is 0.393 e. The van der Waals surface area contributed by atoms with Crippen LogP contribution in [0.4, 0.5) is 11.4 Å². The first-order chi connectivity index (χ1) is 13.6. The van der Waals surface area contributed by atoms with Crippen molar-refractivity contribution >= 4 is 35.0 Å². The quantitative estimate of drug-likeness (QED) is 0.784. The van der Waals surface area contributed by atoms with Crippen LogP contribution in [0, 0.1) is 17.8 Å². The molecule has 28 heavy (non-hydrogen) atoms. The lowest BCUT2D eigenvalue weighted by atomic mass is 9.82. The SMILES string of the molecule is CC#CCN1C(=O)c2ccccc2Sc2cc(NC(=O)C3CC(O)C3)ccc21. The number of amides is 2. The third kappa shape index (κ3) is 3.51. The van der Waals surface area contributed by atoms with E-state index in [4.69, 9.17) is 0 Å². The molecule has 142 valence electrons. The second-order valence-corrected chi connectivity index (χ2v) is 7.99. The maximum Gasteiger partial charge on any atom is 0.260 e. The molecule has 0 spiro atoms. The van der Waals surface area contributed by atoms with E-state index in [1.54, 1.807) is 11.8 Å². The van der Waals surface area contributed by atoms with Crippen LogP contribution in [0.25, 0.3) is 0 Å². The Morgan fingerprint density at radius 3 is 2.79 bits per heavy atom. The molecule has 2 aliphatic rings. The van der Waals surface area contributed by atoms with Crippen LogP contribution in [0.3, 0.4) is 0 Å². The van der Waals surface area contributed by atoms with Gasteiger partial charge in [0.25, 0.3) is 5.91 Å². The molecule has 0 aromatic heterocycles. The van der Waals surface area contributed by atoms with Crippen LogP contribution in [0.2, 0.25) is 0 Å². The van der Waals surface area contributed by atoms with Crippen LogP contribution in [-0.4, -0.2) is 29.6 Å². The molecule has 1 fully saturated rings. The number of nitrogens with zero attached hydrogens (tertiary/aromatic N) is 1. The summed E-state index contributed by atoms with van der Waals surface area (Å²) in [4.78, 5) is 28.9. The highest BCUT2D eigenvalue weighted by Gasteiger charge is 2.33. The molecule has 2 N–H and O–H groups in total. The first-order valence-electron chi connectivity index (χ1n) is 9.18. The molecule has 2 aromatic rings. The van der Waals surface area contributed by atoms with Gasteiger partial charge in [-0.25, -0.2) is 0 Å². The summed E-state index contributed by atoms with van der Waals surface area (Å²) < 4.78 is 0. The molecular formula is C22H20N2O3S. The summed E-state index contributed by atoms with van der Waals surface area (Å²) >= 11 is 1.51. The molecule has 1 saturated carbocycles. The van der Waals surface area contributed by atoms with Crippen molar-refractivity contribution < 1.29 is 14.7 Å². The summed E-state index contributed by atoms with van der Waals surface area (Å²) in [6.07, 6.45) is 0.655. The van der Waals surface area contributed by atoms with Gasteiger partial charge < -0.3 is 10.4 Å². The number of anilines is 2. The molecule has 6 heteroatoms. The molecule has 0 saturated heterocycles. The van der Waals surface area contributed by atoms with E-state index in [2.05, 4.69) is 17.2 Å². The molecule has 1 aliphatic carbocycles. The number of aliphatic hydroxyl groups is 1. The number of nitrogens with one attached hydrogen (secondary N) is 1. The van der Waals surface area contributed by atoms with Crippen LogP contribution in [0.15, 0.2) is 52.3 Å². The smallest absolute Gasteiger partial charge is 0.260 e. The molecule has 0 unspecified atom stereocenters. The molecule has 0 atom stereocenters. The minimum absolute atomic E-state index is 0.0749. The summed E-state index contributed by atoms with van der Waals surface area (Å²) in [7, 11) is 0. The Kier molecular flexibility index (Phi) is 5.12. The Morgan fingerprint density at radius 2 is 2.04 bits per heavy atom. The van der Waals surface area contributed by atoms with E-state index in [0.29, 0.717) is 30.6 Å². The summed E-state index contributed by atoms with van der Waals surface area (Å²) in [6.45, 7) is 2.06. The summed E-state index contributed by atoms with van der Waals surface area (Å²) in [5, 5.41) is 12.3. The van der Waals surface area contributed by atoms with Crippen molar-refractivity contribution in [3.8, 4) is 11.8 Å². The molecular weight excluding hydrogens is 372 g/mol. The van der Waals surface area contributed by atoms with Gasteiger partial charge in [0.1, 0.15) is 0 Å². The lowest BCUT2D eigenvalue weighted by Gasteiger charge is -2.30. The Morgan fingerprint density at radius 1 is 1.25 bits per heavy atom. The average Bonchev–Trinajstić information content (AvgIpc) is 2.78. The lowest BCUT2D eigenvalue weighted by molar-refractivity contribution is -0.126. The van der Waals surface area contributed by atoms with Gasteiger partial charge in [0.2, 0.25) is 5.91 Å². The maximum absolute atomic E-state index is 13.1. The number of hydrogen-bond acceptors (Lipinski definition) is 4. The maximum atomic E-state index is 13.1. The third-order valence-corrected chi connectivity index (χ3v) is 6.12. The van der Waals surface area contributed by atoms with E-state index < -0.39 is 0 Å². The highest BCUT2D eigenvalue weighted by Crippen LogP contribution is 2.42. The lowest BCUT2D eigenvalue weighted by Crippen LogP contribution is -2.37. The van der Waals surface area contributed by atoms with Crippen molar-refractivity contribution in [1.29, 1.82) is 0 Å². The fraction of sp³-hybridized carbons (Fsp3) is 0.273. The second-order valence-electron chi connectivity index (χ2n) is 6.91. The van der Waals surface area contributed by atoms with Gasteiger partial charge in [-0.05, 0) is 50.1 Å². The van der Waals surface area contributed by atoms with Gasteiger partial charge in [-0.15, -0.1) is 5.92 Å². The average molecular weight is 392 g/mol. The number of hydrogen-bond donors (Lipinski definition) is 2. The molecule has 2 aromatic carbocycles. The summed E-state index contributed by atoms with van der Waals surface area (Å²) in [5.74, 6) is 5.54. The van der Waals surface area contributed by atoms with E-state index in [1.165, 1.54) is 11.8 Å². The van der Waals surface area contributed by atoms with Crippen molar-refractivity contribution in [2.24, 2.45) is 5.92 Å². The molecule has 5 nitrogen and oxygen atoms in total. The van der Waals surface area contributed by atoms with E-state index in [-0.39, 0.29) is 23.8 Å². The summed E-state index contributed by atoms with van der Waals surface area (Å²) in [5.41, 5.74) is 2.12. The van der Waals surface area contributed by atoms with E-state index in [0.717, 1.165) is 15.5 Å². The van der Waals surface area contributed by atoms with Gasteiger partial charge in [0.15, 0.2) is 0 Å². The number of carbonyl (C=O) groups is 2. The first kappa shape index (κ1) is 18.6. The van der Waals surface area contributed by atoms with Crippen molar-refractivity contribution in [1.82, 2.24) is 0 Å². The molecule has 1 heterocycles. The minimum atomic E-state index is -0.367. The van der Waals surface area contributed by atoms with Gasteiger partial charge in [-0.1, -0.05) is 29.8 Å². The Hall–Kier alpha value is -2.75. The van der Waals surface area contributed by atoms with E-state index in [9.17, 15) is 14.7 Å². The van der Waals surface area contributed by atoms with E-state index >= 15 is 0 Å². The fourth-order valence-corrected chi connectivity index (χ4v) is 4.48. The molecule has 0 radical (unpaired) electrons. The van der Waals surface area contributed by atoms with Gasteiger partial charge in [-0.3, -0.25) is 14.5 Å². The Bertz CT molecular complexity index is 1000. The van der Waals surface area contributed by atoms with Gasteiger partial charge in [0, 0.05) is 21.4 Å². The van der Waals surface area contributed by atoms with Crippen molar-refractivity contribution in [3.63, 3.8) is 0 Å². The molecule has 0 bridgehead atoms. The Balaban J connectivity index is 1.68. The monoisotopic (exact) mass is 392 g/mol. The normalized spacial score (nSPS) is 20.1. The number of benzene rings is 2. The first-order valence-corrected chi connectivity index (χ1v) is 10.00. The molecule has 4 rings (SSSR count). The number of aliphatic hydroxyl groups excluding tert-OH is 1. The Labute approximate surface area is 168 Å². The molecule has 1 aliphatic heterocycles. The minimum Gasteiger partial charge on any atom is -0.393 e. The predicted molar refractivity (Wildman–Crippen MR) is 109 cm³/mol. The zero-order valence-corrected chi connectivity index (χ0v) is 16.3. The number of carbonyl (C=O) groups excluding carboxylic acids is 2. The van der Waals surface area contributed by atoms with Crippen molar-refractivity contribution in [2.75, 3.05) is 16.8 Å². The molecule has 2 amide bonds. The van der Waals surface area contributed by atoms with E-state index in [1.807, 2.05) is 42.5 Å². The topological polar surface area (TPSA) is 69.6 Å². The zero-order chi connectivity index (χ0) is 19.7. The van der Waals surface area contributed by atoms with Gasteiger partial charge >= 0.3 is 0 Å². The van der Waals surface area contributed by atoms with Crippen molar-refractivity contribution in [2.45, 2.75) is 35.7 Å². The number of fused-ring (bicyclic) bond motifs is 2. The van der Waals surface area contributed by atoms with Crippen LogP contribution in [0.1, 0.15) is 30.1 Å². The van der Waals surface area contributed by atoms with Crippen LogP contribution in [0.5, 0.6) is 0 Å². The third-order valence-electron chi connectivity index (χ3n) is 5.00. The zero-order valence-electron chi connectivity index (χ0n) is 15.4. The standard InChI is InChI=1S/C22H20N2O3S/c1-2-3-10-24-18-9-8-15(23-21(26)14-11-16(25)12-14)13-20(18)28-19-7-5-4-6-17(19)22(24)27/h4-9,13-14,16,25H,10-12H2,1H3,(H,23,26). The number of rotatable bonds is 3. The fourth-order valence-electron chi connectivity index (χ4n) is 3.36. The van der Waals surface area contributed by atoms with Crippen LogP contribution in [-0.2, 0) is 4.79 Å². The van der Waals surface area contributed by atoms with Crippen LogP contribution < -0.4 is 10.2 Å². The van der Waals surface area contributed by atoms with Gasteiger partial charge in [0.05, 0.1) is 23.9 Å². The second kappa shape index (κ2) is 7.70. The van der Waals surface area contributed by atoms with Gasteiger partial charge in [-0.2, -0.15) is 0 Å². The highest BCUT2D eigenvalue weighted by atomic mass is 32.2. The predicted octanol–water partition coefficient (Wildman–Crippen LogP) is 3.53. The highest BCUT2D eigenvalue weighted by molar-refractivity contribution is 7.99. The van der Waals surface area contributed by atoms with Crippen molar-refractivity contribution in [3.05, 3.63) is 48.0 Å². The van der Waals surface area contributed by atoms with Crippen LogP contribution >= 0.6 is 11.8 Å².